The van der Waals surface area contributed by atoms with Gasteiger partial charge < -0.3 is 0 Å². The van der Waals surface area contributed by atoms with Crippen molar-refractivity contribution in [2.75, 3.05) is 0 Å². The average molecular weight is 196 g/mol. The molecule has 0 aromatic carbocycles. The molecule has 2 nitrogen and oxygen atoms in total. The fraction of sp³-hybridized carbons (Fsp3) is 0.250. The van der Waals surface area contributed by atoms with Crippen molar-refractivity contribution < 1.29 is 0 Å². The fourth-order valence-electron chi connectivity index (χ4n) is 0.970. The highest BCUT2D eigenvalue weighted by Gasteiger charge is 2.05. The lowest BCUT2D eigenvalue weighted by atomic mass is 10.5. The monoisotopic (exact) mass is 196 g/mol. The molecule has 0 bridgehead atoms. The molecule has 0 spiro atoms. The standard InChI is InChI=1S/C8H8N2S2/c1-3-4-6-10-8-7(12-6)9-5(2)11-8/h3-4H,1-2H3/b4-3+. The fourth-order valence-corrected chi connectivity index (χ4v) is 2.88. The second-order valence-electron chi connectivity index (χ2n) is 2.40. The van der Waals surface area contributed by atoms with Crippen LogP contribution >= 0.6 is 22.7 Å². The van der Waals surface area contributed by atoms with Crippen LogP contribution in [0.25, 0.3) is 15.7 Å². The quantitative estimate of drug-likeness (QED) is 0.700. The SMILES string of the molecule is C/C=C/c1nc2sc(C)nc2s1. The summed E-state index contributed by atoms with van der Waals surface area (Å²) in [5.74, 6) is 0. The molecule has 12 heavy (non-hydrogen) atoms. The number of hydrogen-bond acceptors (Lipinski definition) is 4. The van der Waals surface area contributed by atoms with Gasteiger partial charge in [-0.05, 0) is 19.9 Å². The van der Waals surface area contributed by atoms with E-state index in [2.05, 4.69) is 9.97 Å². The van der Waals surface area contributed by atoms with Gasteiger partial charge in [-0.25, -0.2) is 9.97 Å². The van der Waals surface area contributed by atoms with Crippen LogP contribution in [0.2, 0.25) is 0 Å². The maximum Gasteiger partial charge on any atom is 0.155 e. The van der Waals surface area contributed by atoms with Crippen LogP contribution in [0.5, 0.6) is 0 Å². The van der Waals surface area contributed by atoms with E-state index in [0.29, 0.717) is 0 Å². The molecule has 0 aliphatic heterocycles. The molecular formula is C8H8N2S2. The number of thiazole rings is 2. The summed E-state index contributed by atoms with van der Waals surface area (Å²) in [5.41, 5.74) is 0. The van der Waals surface area contributed by atoms with Gasteiger partial charge in [0, 0.05) is 0 Å². The third-order valence-electron chi connectivity index (χ3n) is 1.41. The molecule has 0 aliphatic rings. The second kappa shape index (κ2) is 2.95. The minimum absolute atomic E-state index is 1.05. The van der Waals surface area contributed by atoms with Crippen molar-refractivity contribution in [1.29, 1.82) is 0 Å². The maximum absolute atomic E-state index is 4.41. The minimum atomic E-state index is 1.05. The largest absolute Gasteiger partial charge is 0.229 e. The number of aryl methyl sites for hydroxylation is 1. The molecule has 0 saturated heterocycles. The Bertz CT molecular complexity index is 394. The Kier molecular flexibility index (Phi) is 1.94. The number of allylic oxidation sites excluding steroid dienone is 1. The van der Waals surface area contributed by atoms with Crippen LogP contribution in [0, 0.1) is 6.92 Å². The predicted molar refractivity (Wildman–Crippen MR) is 54.7 cm³/mol. The van der Waals surface area contributed by atoms with E-state index >= 15 is 0 Å². The van der Waals surface area contributed by atoms with Gasteiger partial charge in [-0.3, -0.25) is 0 Å². The number of nitrogens with zero attached hydrogens (tertiary/aromatic N) is 2. The van der Waals surface area contributed by atoms with E-state index in [0.717, 1.165) is 19.7 Å². The van der Waals surface area contributed by atoms with Gasteiger partial charge in [0.05, 0.1) is 5.01 Å². The molecule has 62 valence electrons. The van der Waals surface area contributed by atoms with Crippen LogP contribution in [0.3, 0.4) is 0 Å². The third-order valence-corrected chi connectivity index (χ3v) is 3.32. The molecule has 0 amide bonds. The molecule has 4 heteroatoms. The van der Waals surface area contributed by atoms with E-state index in [4.69, 9.17) is 0 Å². The first-order chi connectivity index (χ1) is 5.79. The number of aromatic nitrogens is 2. The zero-order valence-electron chi connectivity index (χ0n) is 6.87. The molecular weight excluding hydrogens is 188 g/mol. The molecule has 0 saturated carbocycles. The van der Waals surface area contributed by atoms with Gasteiger partial charge in [0.25, 0.3) is 0 Å². The van der Waals surface area contributed by atoms with E-state index in [9.17, 15) is 0 Å². The summed E-state index contributed by atoms with van der Waals surface area (Å²) >= 11 is 3.30. The van der Waals surface area contributed by atoms with Gasteiger partial charge in [-0.1, -0.05) is 28.7 Å². The lowest BCUT2D eigenvalue weighted by molar-refractivity contribution is 1.36. The van der Waals surface area contributed by atoms with Crippen LogP contribution < -0.4 is 0 Å². The van der Waals surface area contributed by atoms with Gasteiger partial charge in [0.2, 0.25) is 0 Å². The predicted octanol–water partition coefficient (Wildman–Crippen LogP) is 3.09. The Morgan fingerprint density at radius 3 is 2.58 bits per heavy atom. The molecule has 0 N–H and O–H groups in total. The third kappa shape index (κ3) is 1.28. The van der Waals surface area contributed by atoms with Crippen molar-refractivity contribution in [2.24, 2.45) is 0 Å². The van der Waals surface area contributed by atoms with Gasteiger partial charge in [0.1, 0.15) is 5.01 Å². The summed E-state index contributed by atoms with van der Waals surface area (Å²) in [7, 11) is 0. The molecule has 0 fully saturated rings. The van der Waals surface area contributed by atoms with Crippen LogP contribution in [-0.2, 0) is 0 Å². The Morgan fingerprint density at radius 2 is 1.92 bits per heavy atom. The Hall–Kier alpha value is -0.740. The molecule has 0 unspecified atom stereocenters. The zero-order valence-corrected chi connectivity index (χ0v) is 8.50. The van der Waals surface area contributed by atoms with Crippen molar-refractivity contribution in [3.63, 3.8) is 0 Å². The van der Waals surface area contributed by atoms with E-state index in [1.165, 1.54) is 0 Å². The lowest BCUT2D eigenvalue weighted by Gasteiger charge is -1.77. The molecule has 2 aromatic rings. The molecule has 0 atom stereocenters. The summed E-state index contributed by atoms with van der Waals surface area (Å²) < 4.78 is 0. The van der Waals surface area contributed by atoms with Crippen LogP contribution in [0.15, 0.2) is 6.08 Å². The molecule has 2 heterocycles. The summed E-state index contributed by atoms with van der Waals surface area (Å²) in [5, 5.41) is 2.14. The van der Waals surface area contributed by atoms with E-state index in [1.54, 1.807) is 22.7 Å². The Balaban J connectivity index is 2.57. The first-order valence-corrected chi connectivity index (χ1v) is 5.29. The van der Waals surface area contributed by atoms with Crippen molar-refractivity contribution in [3.05, 3.63) is 16.1 Å². The van der Waals surface area contributed by atoms with Gasteiger partial charge >= 0.3 is 0 Å². The van der Waals surface area contributed by atoms with E-state index < -0.39 is 0 Å². The summed E-state index contributed by atoms with van der Waals surface area (Å²) in [4.78, 5) is 10.9. The van der Waals surface area contributed by atoms with Crippen molar-refractivity contribution >= 4 is 38.4 Å². The number of rotatable bonds is 1. The first-order valence-electron chi connectivity index (χ1n) is 3.66. The molecule has 2 rings (SSSR count). The van der Waals surface area contributed by atoms with Crippen LogP contribution in [0.4, 0.5) is 0 Å². The average Bonchev–Trinajstić information content (AvgIpc) is 2.44. The zero-order chi connectivity index (χ0) is 8.55. The Morgan fingerprint density at radius 1 is 1.17 bits per heavy atom. The molecule has 0 radical (unpaired) electrons. The highest BCUT2D eigenvalue weighted by atomic mass is 32.1. The summed E-state index contributed by atoms with van der Waals surface area (Å²) in [6, 6.07) is 0. The van der Waals surface area contributed by atoms with Crippen LogP contribution in [0.1, 0.15) is 16.9 Å². The highest BCUT2D eigenvalue weighted by molar-refractivity contribution is 7.26. The van der Waals surface area contributed by atoms with E-state index in [-0.39, 0.29) is 0 Å². The number of fused-ring (bicyclic) bond motifs is 1. The minimum Gasteiger partial charge on any atom is -0.229 e. The van der Waals surface area contributed by atoms with Crippen molar-refractivity contribution in [3.8, 4) is 0 Å². The lowest BCUT2D eigenvalue weighted by Crippen LogP contribution is -1.63. The van der Waals surface area contributed by atoms with Crippen molar-refractivity contribution in [2.45, 2.75) is 13.8 Å². The topological polar surface area (TPSA) is 25.8 Å². The van der Waals surface area contributed by atoms with Gasteiger partial charge in [0.15, 0.2) is 9.66 Å². The normalized spacial score (nSPS) is 11.8. The smallest absolute Gasteiger partial charge is 0.155 e. The van der Waals surface area contributed by atoms with Gasteiger partial charge in [-0.15, -0.1) is 0 Å². The highest BCUT2D eigenvalue weighted by Crippen LogP contribution is 2.26. The van der Waals surface area contributed by atoms with Gasteiger partial charge in [-0.2, -0.15) is 0 Å². The second-order valence-corrected chi connectivity index (χ2v) is 4.59. The van der Waals surface area contributed by atoms with Crippen molar-refractivity contribution in [1.82, 2.24) is 9.97 Å². The van der Waals surface area contributed by atoms with E-state index in [1.807, 2.05) is 26.0 Å². The Labute approximate surface area is 78.6 Å². The summed E-state index contributed by atoms with van der Waals surface area (Å²) in [6.45, 7) is 4.00. The number of hydrogen-bond donors (Lipinski definition) is 0. The first kappa shape index (κ1) is 7.89. The molecule has 0 aliphatic carbocycles. The maximum atomic E-state index is 4.41. The summed E-state index contributed by atoms with van der Waals surface area (Å²) in [6.07, 6.45) is 4.00. The molecule has 2 aromatic heterocycles. The van der Waals surface area contributed by atoms with Crippen LogP contribution in [-0.4, -0.2) is 9.97 Å².